The average Bonchev–Trinajstić information content (AvgIpc) is 2.26. The normalized spacial score (nSPS) is 21.7. The first kappa shape index (κ1) is 14.8. The molecule has 1 aromatic heterocycles. The zero-order chi connectivity index (χ0) is 14.0. The fourth-order valence-electron chi connectivity index (χ4n) is 2.25. The molecule has 106 valence electrons. The Morgan fingerprint density at radius 3 is 2.68 bits per heavy atom. The molecule has 4 nitrogen and oxygen atoms in total. The molecule has 0 amide bonds. The molecule has 0 radical (unpaired) electrons. The minimum Gasteiger partial charge on any atom is -0.351 e. The second-order valence-corrected chi connectivity index (χ2v) is 5.70. The van der Waals surface area contributed by atoms with Gasteiger partial charge in [0.15, 0.2) is 0 Å². The van der Waals surface area contributed by atoms with Gasteiger partial charge in [0.1, 0.15) is 15.8 Å². The SMILES string of the molecule is C[C@H]1CN(CC(F)(F)F)CCN1c1cc(I)ncn1. The molecule has 0 N–H and O–H groups in total. The van der Waals surface area contributed by atoms with Crippen LogP contribution in [0, 0.1) is 3.70 Å². The molecule has 0 spiro atoms. The predicted octanol–water partition coefficient (Wildman–Crippen LogP) is 2.15. The van der Waals surface area contributed by atoms with Crippen LogP contribution in [0.4, 0.5) is 19.0 Å². The molecule has 1 fully saturated rings. The summed E-state index contributed by atoms with van der Waals surface area (Å²) in [6.07, 6.45) is -2.65. The lowest BCUT2D eigenvalue weighted by molar-refractivity contribution is -0.147. The Balaban J connectivity index is 2.01. The van der Waals surface area contributed by atoms with Crippen LogP contribution in [-0.2, 0) is 0 Å². The van der Waals surface area contributed by atoms with Gasteiger partial charge in [-0.05, 0) is 29.5 Å². The van der Waals surface area contributed by atoms with Crippen LogP contribution in [0.3, 0.4) is 0 Å². The zero-order valence-corrected chi connectivity index (χ0v) is 12.5. The maximum Gasteiger partial charge on any atom is 0.401 e. The molecule has 2 rings (SSSR count). The van der Waals surface area contributed by atoms with Gasteiger partial charge in [-0.25, -0.2) is 9.97 Å². The van der Waals surface area contributed by atoms with Crippen molar-refractivity contribution < 1.29 is 13.2 Å². The van der Waals surface area contributed by atoms with Crippen LogP contribution in [0.1, 0.15) is 6.92 Å². The van der Waals surface area contributed by atoms with Gasteiger partial charge in [0.25, 0.3) is 0 Å². The Bertz CT molecular complexity index is 440. The molecule has 0 aromatic carbocycles. The van der Waals surface area contributed by atoms with Crippen LogP contribution in [-0.4, -0.2) is 53.3 Å². The Morgan fingerprint density at radius 1 is 1.37 bits per heavy atom. The highest BCUT2D eigenvalue weighted by molar-refractivity contribution is 14.1. The van der Waals surface area contributed by atoms with Gasteiger partial charge in [0.2, 0.25) is 0 Å². The second-order valence-electron chi connectivity index (χ2n) is 4.59. The molecule has 0 aliphatic carbocycles. The van der Waals surface area contributed by atoms with Gasteiger partial charge in [-0.1, -0.05) is 0 Å². The Morgan fingerprint density at radius 2 is 2.11 bits per heavy atom. The van der Waals surface area contributed by atoms with E-state index in [4.69, 9.17) is 0 Å². The van der Waals surface area contributed by atoms with Crippen molar-refractivity contribution in [3.05, 3.63) is 16.1 Å². The summed E-state index contributed by atoms with van der Waals surface area (Å²) in [7, 11) is 0. The van der Waals surface area contributed by atoms with Crippen molar-refractivity contribution >= 4 is 28.4 Å². The number of nitrogens with zero attached hydrogens (tertiary/aromatic N) is 4. The lowest BCUT2D eigenvalue weighted by Crippen LogP contribution is -2.54. The van der Waals surface area contributed by atoms with Gasteiger partial charge in [-0.15, -0.1) is 0 Å². The predicted molar refractivity (Wildman–Crippen MR) is 74.1 cm³/mol. The first-order chi connectivity index (χ1) is 8.85. The summed E-state index contributed by atoms with van der Waals surface area (Å²) in [6, 6.07) is 1.85. The number of anilines is 1. The summed E-state index contributed by atoms with van der Waals surface area (Å²) in [5.41, 5.74) is 0. The third-order valence-corrected chi connectivity index (χ3v) is 3.62. The molecule has 1 aliphatic rings. The summed E-state index contributed by atoms with van der Waals surface area (Å²) in [5.74, 6) is 0.776. The molecule has 0 saturated carbocycles. The lowest BCUT2D eigenvalue weighted by atomic mass is 10.2. The van der Waals surface area contributed by atoms with E-state index < -0.39 is 12.7 Å². The van der Waals surface area contributed by atoms with E-state index in [2.05, 4.69) is 32.6 Å². The number of aromatic nitrogens is 2. The molecule has 1 saturated heterocycles. The van der Waals surface area contributed by atoms with Crippen LogP contribution in [0.5, 0.6) is 0 Å². The van der Waals surface area contributed by atoms with E-state index in [9.17, 15) is 13.2 Å². The second kappa shape index (κ2) is 5.78. The van der Waals surface area contributed by atoms with Crippen LogP contribution in [0.15, 0.2) is 12.4 Å². The topological polar surface area (TPSA) is 32.3 Å². The summed E-state index contributed by atoms with van der Waals surface area (Å²) >= 11 is 2.09. The molecule has 0 unspecified atom stereocenters. The summed E-state index contributed by atoms with van der Waals surface area (Å²) < 4.78 is 37.9. The standard InChI is InChI=1S/C11H14F3IN4/c1-8-5-18(6-11(12,13)14)2-3-19(8)10-4-9(15)16-7-17-10/h4,7-8H,2-3,5-6H2,1H3/t8-/m0/s1. The van der Waals surface area contributed by atoms with Crippen LogP contribution in [0.2, 0.25) is 0 Å². The molecule has 1 aliphatic heterocycles. The van der Waals surface area contributed by atoms with Crippen molar-refractivity contribution in [2.24, 2.45) is 0 Å². The van der Waals surface area contributed by atoms with Crippen LogP contribution in [0.25, 0.3) is 0 Å². The molecule has 1 atom stereocenters. The van der Waals surface area contributed by atoms with E-state index in [0.717, 1.165) is 9.52 Å². The maximum atomic E-state index is 12.4. The van der Waals surface area contributed by atoms with E-state index in [1.807, 2.05) is 17.9 Å². The minimum atomic E-state index is -4.13. The number of halogens is 4. The average molecular weight is 386 g/mol. The number of hydrogen-bond acceptors (Lipinski definition) is 4. The van der Waals surface area contributed by atoms with Crippen molar-refractivity contribution in [3.63, 3.8) is 0 Å². The molecule has 19 heavy (non-hydrogen) atoms. The van der Waals surface area contributed by atoms with E-state index in [0.29, 0.717) is 19.6 Å². The molecule has 0 bridgehead atoms. The van der Waals surface area contributed by atoms with Crippen molar-refractivity contribution in [3.8, 4) is 0 Å². The maximum absolute atomic E-state index is 12.4. The quantitative estimate of drug-likeness (QED) is 0.576. The fraction of sp³-hybridized carbons (Fsp3) is 0.636. The molecule has 1 aromatic rings. The van der Waals surface area contributed by atoms with Gasteiger partial charge in [0.05, 0.1) is 6.54 Å². The lowest BCUT2D eigenvalue weighted by Gasteiger charge is -2.40. The van der Waals surface area contributed by atoms with Crippen molar-refractivity contribution in [1.82, 2.24) is 14.9 Å². The summed E-state index contributed by atoms with van der Waals surface area (Å²) in [5, 5.41) is 0. The zero-order valence-electron chi connectivity index (χ0n) is 10.4. The largest absolute Gasteiger partial charge is 0.401 e. The summed E-state index contributed by atoms with van der Waals surface area (Å²) in [6.45, 7) is 2.40. The van der Waals surface area contributed by atoms with Gasteiger partial charge >= 0.3 is 6.18 Å². The van der Waals surface area contributed by atoms with Gasteiger partial charge in [-0.3, -0.25) is 4.90 Å². The summed E-state index contributed by atoms with van der Waals surface area (Å²) in [4.78, 5) is 11.7. The third kappa shape index (κ3) is 4.16. The van der Waals surface area contributed by atoms with Gasteiger partial charge < -0.3 is 4.90 Å². The van der Waals surface area contributed by atoms with Crippen molar-refractivity contribution in [1.29, 1.82) is 0 Å². The van der Waals surface area contributed by atoms with E-state index in [-0.39, 0.29) is 6.04 Å². The Hall–Kier alpha value is -0.640. The van der Waals surface area contributed by atoms with Crippen LogP contribution >= 0.6 is 22.6 Å². The molecule has 8 heteroatoms. The highest BCUT2D eigenvalue weighted by atomic mass is 127. The monoisotopic (exact) mass is 386 g/mol. The van der Waals surface area contributed by atoms with E-state index in [1.54, 1.807) is 0 Å². The highest BCUT2D eigenvalue weighted by Crippen LogP contribution is 2.22. The van der Waals surface area contributed by atoms with Gasteiger partial charge in [0, 0.05) is 31.7 Å². The Labute approximate surface area is 123 Å². The smallest absolute Gasteiger partial charge is 0.351 e. The number of rotatable bonds is 2. The van der Waals surface area contributed by atoms with Crippen LogP contribution < -0.4 is 4.90 Å². The fourth-order valence-corrected chi connectivity index (χ4v) is 2.65. The molecular weight excluding hydrogens is 372 g/mol. The van der Waals surface area contributed by atoms with Gasteiger partial charge in [-0.2, -0.15) is 13.2 Å². The first-order valence-electron chi connectivity index (χ1n) is 5.88. The van der Waals surface area contributed by atoms with Crippen molar-refractivity contribution in [2.45, 2.75) is 19.1 Å². The first-order valence-corrected chi connectivity index (χ1v) is 6.96. The highest BCUT2D eigenvalue weighted by Gasteiger charge is 2.34. The Kier molecular flexibility index (Phi) is 4.49. The molecule has 2 heterocycles. The van der Waals surface area contributed by atoms with E-state index in [1.165, 1.54) is 11.2 Å². The third-order valence-electron chi connectivity index (χ3n) is 3.03. The number of alkyl halides is 3. The molecular formula is C11H14F3IN4. The minimum absolute atomic E-state index is 0.00167. The number of hydrogen-bond donors (Lipinski definition) is 0. The van der Waals surface area contributed by atoms with Crippen molar-refractivity contribution in [2.75, 3.05) is 31.1 Å². The number of piperazine rings is 1. The van der Waals surface area contributed by atoms with E-state index >= 15 is 0 Å².